The average Bonchev–Trinajstić information content (AvgIpc) is 2.71. The number of hydrogen-bond donors (Lipinski definition) is 2. The molecule has 1 heterocycles. The maximum absolute atomic E-state index is 12.0. The highest BCUT2D eigenvalue weighted by atomic mass is 79.9. The summed E-state index contributed by atoms with van der Waals surface area (Å²) in [5, 5.41) is 0. The van der Waals surface area contributed by atoms with E-state index in [1.165, 1.54) is 6.07 Å². The SMILES string of the molecule is Nc1ccc(NS(=O)(=O)c2ccc(Cl)s2)cc1Br. The number of nitrogens with one attached hydrogen (secondary N) is 1. The maximum atomic E-state index is 12.0. The molecule has 8 heteroatoms. The van der Waals surface area contributed by atoms with Gasteiger partial charge < -0.3 is 5.73 Å². The van der Waals surface area contributed by atoms with Gasteiger partial charge in [-0.1, -0.05) is 11.6 Å². The minimum absolute atomic E-state index is 0.167. The third-order valence-electron chi connectivity index (χ3n) is 2.07. The van der Waals surface area contributed by atoms with E-state index in [0.29, 0.717) is 20.2 Å². The van der Waals surface area contributed by atoms with Crippen LogP contribution in [0.3, 0.4) is 0 Å². The Morgan fingerprint density at radius 2 is 2.00 bits per heavy atom. The first-order valence-electron chi connectivity index (χ1n) is 4.72. The summed E-state index contributed by atoms with van der Waals surface area (Å²) in [4.78, 5) is 0. The largest absolute Gasteiger partial charge is 0.398 e. The first-order chi connectivity index (χ1) is 8.38. The number of benzene rings is 1. The van der Waals surface area contributed by atoms with Crippen molar-refractivity contribution < 1.29 is 8.42 Å². The van der Waals surface area contributed by atoms with Crippen molar-refractivity contribution in [2.75, 3.05) is 10.5 Å². The molecule has 0 unspecified atom stereocenters. The van der Waals surface area contributed by atoms with Crippen molar-refractivity contribution in [3.05, 3.63) is 39.1 Å². The zero-order chi connectivity index (χ0) is 13.3. The van der Waals surface area contributed by atoms with E-state index in [0.717, 1.165) is 11.3 Å². The molecule has 0 atom stereocenters. The number of rotatable bonds is 3. The highest BCUT2D eigenvalue weighted by molar-refractivity contribution is 9.10. The van der Waals surface area contributed by atoms with E-state index in [9.17, 15) is 8.42 Å². The van der Waals surface area contributed by atoms with Crippen molar-refractivity contribution in [3.8, 4) is 0 Å². The number of hydrogen-bond acceptors (Lipinski definition) is 4. The molecule has 96 valence electrons. The Kier molecular flexibility index (Phi) is 3.86. The van der Waals surface area contributed by atoms with E-state index in [4.69, 9.17) is 17.3 Å². The summed E-state index contributed by atoms with van der Waals surface area (Å²) >= 11 is 9.95. The normalized spacial score (nSPS) is 11.4. The van der Waals surface area contributed by atoms with Crippen molar-refractivity contribution in [3.63, 3.8) is 0 Å². The van der Waals surface area contributed by atoms with Crippen LogP contribution in [0.1, 0.15) is 0 Å². The predicted octanol–water partition coefficient (Wildman–Crippen LogP) is 3.55. The lowest BCUT2D eigenvalue weighted by Crippen LogP contribution is -2.11. The van der Waals surface area contributed by atoms with Crippen molar-refractivity contribution in [1.29, 1.82) is 0 Å². The van der Waals surface area contributed by atoms with Crippen LogP contribution in [0.25, 0.3) is 0 Å². The van der Waals surface area contributed by atoms with Crippen LogP contribution in [0.5, 0.6) is 0 Å². The van der Waals surface area contributed by atoms with Gasteiger partial charge in [0.25, 0.3) is 10.0 Å². The highest BCUT2D eigenvalue weighted by Gasteiger charge is 2.16. The van der Waals surface area contributed by atoms with Crippen LogP contribution < -0.4 is 10.5 Å². The number of halogens is 2. The van der Waals surface area contributed by atoms with Crippen molar-refractivity contribution in [2.24, 2.45) is 0 Å². The molecule has 1 aromatic carbocycles. The smallest absolute Gasteiger partial charge is 0.271 e. The van der Waals surface area contributed by atoms with Gasteiger partial charge in [-0.05, 0) is 46.3 Å². The first-order valence-corrected chi connectivity index (χ1v) is 8.19. The van der Waals surface area contributed by atoms with Crippen LogP contribution in [-0.4, -0.2) is 8.42 Å². The van der Waals surface area contributed by atoms with Gasteiger partial charge in [0, 0.05) is 10.2 Å². The van der Waals surface area contributed by atoms with E-state index in [1.54, 1.807) is 24.3 Å². The molecule has 0 amide bonds. The first kappa shape index (κ1) is 13.7. The molecule has 0 bridgehead atoms. The van der Waals surface area contributed by atoms with Crippen LogP contribution in [-0.2, 0) is 10.0 Å². The van der Waals surface area contributed by atoms with Gasteiger partial charge in [-0.2, -0.15) is 0 Å². The summed E-state index contributed by atoms with van der Waals surface area (Å²) in [6.07, 6.45) is 0. The van der Waals surface area contributed by atoms with Crippen LogP contribution in [0.15, 0.2) is 39.0 Å². The monoisotopic (exact) mass is 366 g/mol. The summed E-state index contributed by atoms with van der Waals surface area (Å²) in [7, 11) is -3.60. The molecule has 0 saturated carbocycles. The Balaban J connectivity index is 2.30. The molecule has 0 aliphatic carbocycles. The third kappa shape index (κ3) is 2.97. The van der Waals surface area contributed by atoms with Gasteiger partial charge in [0.15, 0.2) is 0 Å². The van der Waals surface area contributed by atoms with E-state index in [1.807, 2.05) is 0 Å². The molecule has 0 aliphatic rings. The van der Waals surface area contributed by atoms with Crippen molar-refractivity contribution in [2.45, 2.75) is 4.21 Å². The zero-order valence-corrected chi connectivity index (χ0v) is 12.8. The molecule has 1 aromatic heterocycles. The zero-order valence-electron chi connectivity index (χ0n) is 8.85. The summed E-state index contributed by atoms with van der Waals surface area (Å²) in [5.74, 6) is 0. The lowest BCUT2D eigenvalue weighted by atomic mass is 10.3. The second kappa shape index (κ2) is 5.08. The fourth-order valence-corrected chi connectivity index (χ4v) is 4.15. The lowest BCUT2D eigenvalue weighted by molar-refractivity contribution is 0.603. The highest BCUT2D eigenvalue weighted by Crippen LogP contribution is 2.29. The fourth-order valence-electron chi connectivity index (χ4n) is 1.24. The third-order valence-corrected chi connectivity index (χ3v) is 5.86. The molecule has 2 rings (SSSR count). The molecule has 0 aliphatic heterocycles. The Hall–Kier alpha value is -0.760. The molecule has 3 N–H and O–H groups in total. The number of sulfonamides is 1. The van der Waals surface area contributed by atoms with E-state index >= 15 is 0 Å². The lowest BCUT2D eigenvalue weighted by Gasteiger charge is -2.07. The second-order valence-electron chi connectivity index (χ2n) is 3.40. The molecule has 0 radical (unpaired) electrons. The van der Waals surface area contributed by atoms with Gasteiger partial charge in [0.2, 0.25) is 0 Å². The van der Waals surface area contributed by atoms with Crippen LogP contribution >= 0.6 is 38.9 Å². The number of nitrogens with two attached hydrogens (primary N) is 1. The van der Waals surface area contributed by atoms with Gasteiger partial charge in [0.05, 0.1) is 10.0 Å². The van der Waals surface area contributed by atoms with Gasteiger partial charge in [-0.3, -0.25) is 4.72 Å². The minimum Gasteiger partial charge on any atom is -0.398 e. The molecule has 0 fully saturated rings. The topological polar surface area (TPSA) is 72.2 Å². The van der Waals surface area contributed by atoms with Crippen LogP contribution in [0.2, 0.25) is 4.34 Å². The maximum Gasteiger partial charge on any atom is 0.271 e. The van der Waals surface area contributed by atoms with Gasteiger partial charge in [0.1, 0.15) is 4.21 Å². The summed E-state index contributed by atoms with van der Waals surface area (Å²) < 4.78 is 27.7. The second-order valence-corrected chi connectivity index (χ2v) is 7.88. The fraction of sp³-hybridized carbons (Fsp3) is 0. The van der Waals surface area contributed by atoms with Crippen molar-refractivity contribution >= 4 is 60.3 Å². The number of anilines is 2. The number of thiophene rings is 1. The Labute approximate surface area is 122 Å². The summed E-state index contributed by atoms with van der Waals surface area (Å²) in [5.41, 5.74) is 6.60. The Bertz CT molecular complexity index is 685. The van der Waals surface area contributed by atoms with Crippen molar-refractivity contribution in [1.82, 2.24) is 0 Å². The molecular weight excluding hydrogens is 360 g/mol. The molecule has 18 heavy (non-hydrogen) atoms. The quantitative estimate of drug-likeness (QED) is 0.815. The summed E-state index contributed by atoms with van der Waals surface area (Å²) in [6.45, 7) is 0. The van der Waals surface area contributed by atoms with E-state index in [-0.39, 0.29) is 4.21 Å². The number of nitrogen functional groups attached to an aromatic ring is 1. The predicted molar refractivity (Wildman–Crippen MR) is 78.7 cm³/mol. The molecule has 2 aromatic rings. The van der Waals surface area contributed by atoms with E-state index in [2.05, 4.69) is 20.7 Å². The average molecular weight is 368 g/mol. The van der Waals surface area contributed by atoms with Crippen LogP contribution in [0, 0.1) is 0 Å². The molecule has 0 spiro atoms. The van der Waals surface area contributed by atoms with Gasteiger partial charge in [-0.15, -0.1) is 11.3 Å². The minimum atomic E-state index is -3.60. The van der Waals surface area contributed by atoms with Gasteiger partial charge in [-0.25, -0.2) is 8.42 Å². The standard InChI is InChI=1S/C10H8BrClN2O2S2/c11-7-5-6(1-2-8(7)13)14-18(15,16)10-4-3-9(12)17-10/h1-5,14H,13H2. The van der Waals surface area contributed by atoms with Crippen LogP contribution in [0.4, 0.5) is 11.4 Å². The van der Waals surface area contributed by atoms with Gasteiger partial charge >= 0.3 is 0 Å². The molecule has 4 nitrogen and oxygen atoms in total. The molecule has 0 saturated heterocycles. The summed E-state index contributed by atoms with van der Waals surface area (Å²) in [6, 6.07) is 7.81. The molecular formula is C10H8BrClN2O2S2. The van der Waals surface area contributed by atoms with E-state index < -0.39 is 10.0 Å². The Morgan fingerprint density at radius 3 is 2.56 bits per heavy atom. The Morgan fingerprint density at radius 1 is 1.28 bits per heavy atom.